The van der Waals surface area contributed by atoms with Crippen LogP contribution in [0.2, 0.25) is 0 Å². The third-order valence-corrected chi connectivity index (χ3v) is 2.75. The number of ether oxygens (including phenoxy) is 3. The van der Waals surface area contributed by atoms with Gasteiger partial charge in [0.1, 0.15) is 0 Å². The summed E-state index contributed by atoms with van der Waals surface area (Å²) in [7, 11) is 1.59. The van der Waals surface area contributed by atoms with Crippen molar-refractivity contribution in [2.24, 2.45) is 0 Å². The molecule has 0 unspecified atom stereocenters. The lowest BCUT2D eigenvalue weighted by Crippen LogP contribution is -2.13. The number of benzene rings is 1. The molecule has 6 heteroatoms. The maximum atomic E-state index is 13.8. The predicted octanol–water partition coefficient (Wildman–Crippen LogP) is 2.51. The van der Waals surface area contributed by atoms with Crippen LogP contribution in [0.3, 0.4) is 0 Å². The fourth-order valence-electron chi connectivity index (χ4n) is 1.70. The first kappa shape index (κ1) is 17.8. The molecule has 0 aliphatic heterocycles. The molecular weight excluding hydrogens is 280 g/mol. The molecule has 0 saturated carbocycles. The monoisotopic (exact) mass is 303 g/mol. The van der Waals surface area contributed by atoms with E-state index in [1.807, 2.05) is 6.92 Å². The Bertz CT molecular complexity index is 393. The van der Waals surface area contributed by atoms with E-state index in [1.165, 1.54) is 12.1 Å². The van der Waals surface area contributed by atoms with Gasteiger partial charge in [-0.3, -0.25) is 0 Å². The quantitative estimate of drug-likeness (QED) is 0.638. The SMILES string of the molecule is CCNCc1cc(F)c(OCCCOCCOC)c(F)c1. The van der Waals surface area contributed by atoms with Crippen LogP contribution in [0.4, 0.5) is 8.78 Å². The van der Waals surface area contributed by atoms with Crippen molar-refractivity contribution in [3.05, 3.63) is 29.3 Å². The van der Waals surface area contributed by atoms with Gasteiger partial charge in [-0.15, -0.1) is 0 Å². The molecule has 0 atom stereocenters. The summed E-state index contributed by atoms with van der Waals surface area (Å²) in [6.45, 7) is 4.79. The van der Waals surface area contributed by atoms with E-state index in [2.05, 4.69) is 5.32 Å². The van der Waals surface area contributed by atoms with Gasteiger partial charge in [0.05, 0.1) is 19.8 Å². The van der Waals surface area contributed by atoms with E-state index in [-0.39, 0.29) is 12.4 Å². The second-order valence-electron chi connectivity index (χ2n) is 4.48. The summed E-state index contributed by atoms with van der Waals surface area (Å²) in [6.07, 6.45) is 0.557. The van der Waals surface area contributed by atoms with E-state index < -0.39 is 11.6 Å². The van der Waals surface area contributed by atoms with Gasteiger partial charge in [0.2, 0.25) is 0 Å². The normalized spacial score (nSPS) is 10.9. The molecule has 1 aromatic carbocycles. The van der Waals surface area contributed by atoms with Gasteiger partial charge >= 0.3 is 0 Å². The second kappa shape index (κ2) is 10.5. The largest absolute Gasteiger partial charge is 0.488 e. The Morgan fingerprint density at radius 1 is 1.05 bits per heavy atom. The Balaban J connectivity index is 2.37. The molecular formula is C15H23F2NO3. The van der Waals surface area contributed by atoms with Crippen LogP contribution >= 0.6 is 0 Å². The molecule has 0 amide bonds. The standard InChI is InChI=1S/C15H23F2NO3/c1-3-18-11-12-9-13(16)15(14(17)10-12)21-6-4-5-20-8-7-19-2/h9-10,18H,3-8,11H2,1-2H3. The van der Waals surface area contributed by atoms with Crippen LogP contribution in [0.25, 0.3) is 0 Å². The van der Waals surface area contributed by atoms with Crippen molar-refractivity contribution in [2.45, 2.75) is 19.9 Å². The van der Waals surface area contributed by atoms with Crippen molar-refractivity contribution in [3.63, 3.8) is 0 Å². The highest BCUT2D eigenvalue weighted by molar-refractivity contribution is 5.31. The molecule has 1 aromatic rings. The second-order valence-corrected chi connectivity index (χ2v) is 4.48. The number of hydrogen-bond donors (Lipinski definition) is 1. The minimum Gasteiger partial charge on any atom is -0.488 e. The Kier molecular flexibility index (Phi) is 8.89. The molecule has 21 heavy (non-hydrogen) atoms. The molecule has 0 fully saturated rings. The van der Waals surface area contributed by atoms with Crippen molar-refractivity contribution in [1.82, 2.24) is 5.32 Å². The van der Waals surface area contributed by atoms with Gasteiger partial charge < -0.3 is 19.5 Å². The molecule has 0 saturated heterocycles. The first-order valence-corrected chi connectivity index (χ1v) is 7.07. The third-order valence-electron chi connectivity index (χ3n) is 2.75. The first-order valence-electron chi connectivity index (χ1n) is 7.07. The van der Waals surface area contributed by atoms with Crippen LogP contribution in [-0.2, 0) is 16.0 Å². The lowest BCUT2D eigenvalue weighted by Gasteiger charge is -2.10. The van der Waals surface area contributed by atoms with Gasteiger partial charge in [-0.05, 0) is 24.2 Å². The summed E-state index contributed by atoms with van der Waals surface area (Å²) in [5, 5.41) is 3.01. The fourth-order valence-corrected chi connectivity index (χ4v) is 1.70. The highest BCUT2D eigenvalue weighted by atomic mass is 19.1. The molecule has 0 bridgehead atoms. The molecule has 0 heterocycles. The van der Waals surface area contributed by atoms with E-state index >= 15 is 0 Å². The number of halogens is 2. The Hall–Kier alpha value is -1.24. The summed E-state index contributed by atoms with van der Waals surface area (Å²) in [4.78, 5) is 0. The van der Waals surface area contributed by atoms with E-state index in [1.54, 1.807) is 7.11 Å². The highest BCUT2D eigenvalue weighted by Gasteiger charge is 2.12. The zero-order valence-electron chi connectivity index (χ0n) is 12.6. The van der Waals surface area contributed by atoms with Gasteiger partial charge in [-0.1, -0.05) is 6.92 Å². The molecule has 120 valence electrons. The van der Waals surface area contributed by atoms with Crippen LogP contribution in [0.5, 0.6) is 5.75 Å². The lowest BCUT2D eigenvalue weighted by molar-refractivity contribution is 0.0640. The van der Waals surface area contributed by atoms with Crippen LogP contribution in [0.15, 0.2) is 12.1 Å². The van der Waals surface area contributed by atoms with Crippen LogP contribution in [-0.4, -0.2) is 40.1 Å². The zero-order valence-corrected chi connectivity index (χ0v) is 12.6. The van der Waals surface area contributed by atoms with Gasteiger partial charge in [-0.2, -0.15) is 0 Å². The van der Waals surface area contributed by atoms with Crippen molar-refractivity contribution in [2.75, 3.05) is 40.1 Å². The maximum absolute atomic E-state index is 13.8. The van der Waals surface area contributed by atoms with Crippen LogP contribution in [0.1, 0.15) is 18.9 Å². The number of rotatable bonds is 11. The average molecular weight is 303 g/mol. The predicted molar refractivity (Wildman–Crippen MR) is 76.5 cm³/mol. The molecule has 4 nitrogen and oxygen atoms in total. The minimum atomic E-state index is -0.678. The van der Waals surface area contributed by atoms with Gasteiger partial charge in [0.25, 0.3) is 0 Å². The topological polar surface area (TPSA) is 39.7 Å². The summed E-state index contributed by atoms with van der Waals surface area (Å²) >= 11 is 0. The van der Waals surface area contributed by atoms with E-state index in [9.17, 15) is 8.78 Å². The van der Waals surface area contributed by atoms with Crippen molar-refractivity contribution in [1.29, 1.82) is 0 Å². The van der Waals surface area contributed by atoms with Crippen molar-refractivity contribution < 1.29 is 23.0 Å². The van der Waals surface area contributed by atoms with Crippen molar-refractivity contribution >= 4 is 0 Å². The third kappa shape index (κ3) is 6.84. The van der Waals surface area contributed by atoms with Gasteiger partial charge in [-0.25, -0.2) is 8.78 Å². The molecule has 0 aliphatic rings. The van der Waals surface area contributed by atoms with Gasteiger partial charge in [0.15, 0.2) is 17.4 Å². The molecule has 1 N–H and O–H groups in total. The molecule has 0 aliphatic carbocycles. The van der Waals surface area contributed by atoms with E-state index in [0.29, 0.717) is 38.3 Å². The molecule has 0 spiro atoms. The zero-order chi connectivity index (χ0) is 15.5. The number of nitrogens with one attached hydrogen (secondary N) is 1. The minimum absolute atomic E-state index is 0.202. The average Bonchev–Trinajstić information content (AvgIpc) is 2.46. The van der Waals surface area contributed by atoms with Gasteiger partial charge in [0, 0.05) is 26.7 Å². The van der Waals surface area contributed by atoms with Crippen LogP contribution < -0.4 is 10.1 Å². The summed E-state index contributed by atoms with van der Waals surface area (Å²) in [5.41, 5.74) is 0.557. The maximum Gasteiger partial charge on any atom is 0.190 e. The number of methoxy groups -OCH3 is 1. The Labute approximate surface area is 124 Å². The summed E-state index contributed by atoms with van der Waals surface area (Å²) in [5.74, 6) is -1.68. The highest BCUT2D eigenvalue weighted by Crippen LogP contribution is 2.23. The summed E-state index contributed by atoms with van der Waals surface area (Å²) in [6, 6.07) is 2.58. The van der Waals surface area contributed by atoms with E-state index in [4.69, 9.17) is 14.2 Å². The number of hydrogen-bond acceptors (Lipinski definition) is 4. The Morgan fingerprint density at radius 3 is 2.38 bits per heavy atom. The van der Waals surface area contributed by atoms with Crippen molar-refractivity contribution in [3.8, 4) is 5.75 Å². The van der Waals surface area contributed by atoms with Crippen LogP contribution in [0, 0.1) is 11.6 Å². The van der Waals surface area contributed by atoms with E-state index in [0.717, 1.165) is 6.54 Å². The Morgan fingerprint density at radius 2 is 1.76 bits per heavy atom. The molecule has 1 rings (SSSR count). The first-order chi connectivity index (χ1) is 10.2. The lowest BCUT2D eigenvalue weighted by atomic mass is 10.2. The molecule has 0 aromatic heterocycles. The smallest absolute Gasteiger partial charge is 0.190 e. The molecule has 0 radical (unpaired) electrons. The summed E-state index contributed by atoms with van der Waals surface area (Å²) < 4.78 is 42.8. The fraction of sp³-hybridized carbons (Fsp3) is 0.600.